The Bertz CT molecular complexity index is 628. The van der Waals surface area contributed by atoms with Crippen molar-refractivity contribution in [1.29, 1.82) is 5.26 Å². The fourth-order valence-electron chi connectivity index (χ4n) is 3.93. The number of carbonyl (C=O) groups excluding carboxylic acids is 1. The zero-order valence-corrected chi connectivity index (χ0v) is 12.1. The van der Waals surface area contributed by atoms with Gasteiger partial charge in [-0.15, -0.1) is 0 Å². The van der Waals surface area contributed by atoms with E-state index in [2.05, 4.69) is 10.6 Å². The number of anilines is 1. The molecule has 2 aliphatic carbocycles. The average molecular weight is 303 g/mol. The molecular weight excluding hydrogens is 285 g/mol. The van der Waals surface area contributed by atoms with Gasteiger partial charge in [0.15, 0.2) is 0 Å². The average Bonchev–Trinajstić information content (AvgIpc) is 3.10. The summed E-state index contributed by atoms with van der Waals surface area (Å²) in [6, 6.07) is 5.07. The zero-order chi connectivity index (χ0) is 15.7. The molecule has 2 fully saturated rings. The summed E-state index contributed by atoms with van der Waals surface area (Å²) in [7, 11) is 0. The number of hydrogen-bond acceptors (Lipinski definition) is 3. The molecule has 3 rings (SSSR count). The van der Waals surface area contributed by atoms with E-state index in [1.54, 1.807) is 0 Å². The van der Waals surface area contributed by atoms with Crippen LogP contribution in [0.25, 0.3) is 0 Å². The van der Waals surface area contributed by atoms with Crippen LogP contribution >= 0.6 is 0 Å². The Morgan fingerprint density at radius 1 is 1.41 bits per heavy atom. The van der Waals surface area contributed by atoms with Crippen LogP contribution in [0.1, 0.15) is 24.8 Å². The van der Waals surface area contributed by atoms with E-state index in [1.807, 2.05) is 6.07 Å². The third kappa shape index (κ3) is 2.64. The molecule has 1 aromatic rings. The number of nitrogens with one attached hydrogen (secondary N) is 2. The topological polar surface area (TPSA) is 85.2 Å². The first-order valence-electron chi connectivity index (χ1n) is 7.50. The Hall–Kier alpha value is -2.13. The van der Waals surface area contributed by atoms with Gasteiger partial charge in [0, 0.05) is 18.6 Å². The molecule has 2 amide bonds. The van der Waals surface area contributed by atoms with Gasteiger partial charge in [-0.3, -0.25) is 0 Å². The van der Waals surface area contributed by atoms with E-state index < -0.39 is 11.8 Å². The number of halogens is 1. The Balaban J connectivity index is 1.67. The molecule has 2 aliphatic rings. The number of nitrogens with zero attached hydrogens (tertiary/aromatic N) is 1. The first kappa shape index (κ1) is 14.8. The van der Waals surface area contributed by atoms with Gasteiger partial charge >= 0.3 is 6.03 Å². The molecule has 22 heavy (non-hydrogen) atoms. The highest BCUT2D eigenvalue weighted by Gasteiger charge is 2.47. The fraction of sp³-hybridized carbons (Fsp3) is 0.500. The molecule has 6 heteroatoms. The molecule has 0 aliphatic heterocycles. The van der Waals surface area contributed by atoms with Gasteiger partial charge in [-0.2, -0.15) is 5.26 Å². The van der Waals surface area contributed by atoms with Crippen LogP contribution < -0.4 is 10.6 Å². The third-order valence-electron chi connectivity index (χ3n) is 4.95. The molecule has 5 nitrogen and oxygen atoms in total. The first-order valence-corrected chi connectivity index (χ1v) is 7.50. The summed E-state index contributed by atoms with van der Waals surface area (Å²) in [6.45, 7) is 0.0755. The second-order valence-corrected chi connectivity index (χ2v) is 6.11. The summed E-state index contributed by atoms with van der Waals surface area (Å²) in [5.41, 5.74) is 0.368. The molecule has 116 valence electrons. The van der Waals surface area contributed by atoms with Crippen LogP contribution in [-0.2, 0) is 0 Å². The molecule has 4 unspecified atom stereocenters. The van der Waals surface area contributed by atoms with Gasteiger partial charge in [0.05, 0.1) is 11.3 Å². The number of urea groups is 1. The molecule has 0 aromatic heterocycles. The van der Waals surface area contributed by atoms with Gasteiger partial charge in [0.25, 0.3) is 0 Å². The fourth-order valence-corrected chi connectivity index (χ4v) is 3.93. The minimum atomic E-state index is -0.518. The summed E-state index contributed by atoms with van der Waals surface area (Å²) in [6.07, 6.45) is 3.24. The van der Waals surface area contributed by atoms with Gasteiger partial charge in [0.2, 0.25) is 0 Å². The molecule has 0 radical (unpaired) electrons. The van der Waals surface area contributed by atoms with E-state index in [9.17, 15) is 14.3 Å². The van der Waals surface area contributed by atoms with E-state index in [-0.39, 0.29) is 29.8 Å². The van der Waals surface area contributed by atoms with Gasteiger partial charge in [-0.25, -0.2) is 9.18 Å². The Morgan fingerprint density at radius 2 is 2.18 bits per heavy atom. The maximum atomic E-state index is 13.1. The zero-order valence-electron chi connectivity index (χ0n) is 12.1. The van der Waals surface area contributed by atoms with Gasteiger partial charge in [-0.1, -0.05) is 0 Å². The number of benzene rings is 1. The number of aliphatic hydroxyl groups is 1. The van der Waals surface area contributed by atoms with Gasteiger partial charge < -0.3 is 15.7 Å². The standard InChI is InChI=1S/C16H18FN3O2/c17-12-3-4-14(11(6-12)7-18)19-16(22)20-15-10-2-1-9(5-10)13(15)8-21/h3-4,6,9-10,13,15,21H,1-2,5,8H2,(H2,19,20,22). The van der Waals surface area contributed by atoms with Crippen molar-refractivity contribution in [3.63, 3.8) is 0 Å². The molecule has 0 heterocycles. The number of carbonyl (C=O) groups is 1. The number of fused-ring (bicyclic) bond motifs is 2. The van der Waals surface area contributed by atoms with Crippen LogP contribution in [0.2, 0.25) is 0 Å². The van der Waals surface area contributed by atoms with E-state index >= 15 is 0 Å². The lowest BCUT2D eigenvalue weighted by molar-refractivity contribution is 0.146. The molecule has 4 atom stereocenters. The van der Waals surface area contributed by atoms with Crippen molar-refractivity contribution in [2.24, 2.45) is 17.8 Å². The van der Waals surface area contributed by atoms with Crippen molar-refractivity contribution < 1.29 is 14.3 Å². The predicted molar refractivity (Wildman–Crippen MR) is 78.5 cm³/mol. The van der Waals surface area contributed by atoms with Crippen molar-refractivity contribution in [2.75, 3.05) is 11.9 Å². The van der Waals surface area contributed by atoms with Crippen molar-refractivity contribution in [3.8, 4) is 6.07 Å². The highest BCUT2D eigenvalue weighted by Crippen LogP contribution is 2.48. The maximum absolute atomic E-state index is 13.1. The molecule has 0 saturated heterocycles. The Kier molecular flexibility index (Phi) is 3.99. The molecule has 0 spiro atoms. The Labute approximate surface area is 128 Å². The molecular formula is C16H18FN3O2. The third-order valence-corrected chi connectivity index (χ3v) is 4.95. The van der Waals surface area contributed by atoms with Crippen molar-refractivity contribution >= 4 is 11.7 Å². The second kappa shape index (κ2) is 5.93. The van der Waals surface area contributed by atoms with Crippen LogP contribution in [0.5, 0.6) is 0 Å². The SMILES string of the molecule is N#Cc1cc(F)ccc1NC(=O)NC1C2CCC(C2)C1CO. The summed E-state index contributed by atoms with van der Waals surface area (Å²) < 4.78 is 13.1. The van der Waals surface area contributed by atoms with E-state index in [4.69, 9.17) is 5.26 Å². The number of rotatable bonds is 3. The highest BCUT2D eigenvalue weighted by molar-refractivity contribution is 5.91. The molecule has 1 aromatic carbocycles. The van der Waals surface area contributed by atoms with Crippen molar-refractivity contribution in [2.45, 2.75) is 25.3 Å². The van der Waals surface area contributed by atoms with E-state index in [0.717, 1.165) is 25.3 Å². The molecule has 3 N–H and O–H groups in total. The van der Waals surface area contributed by atoms with Crippen LogP contribution in [0.4, 0.5) is 14.9 Å². The highest BCUT2D eigenvalue weighted by atomic mass is 19.1. The largest absolute Gasteiger partial charge is 0.396 e. The normalized spacial score (nSPS) is 29.1. The summed E-state index contributed by atoms with van der Waals surface area (Å²) in [5, 5.41) is 24.0. The lowest BCUT2D eigenvalue weighted by Crippen LogP contribution is -2.46. The van der Waals surface area contributed by atoms with Crippen LogP contribution in [0.15, 0.2) is 18.2 Å². The minimum absolute atomic E-state index is 0.0327. The summed E-state index contributed by atoms with van der Waals surface area (Å²) in [5.74, 6) is 0.487. The number of amides is 2. The summed E-state index contributed by atoms with van der Waals surface area (Å²) >= 11 is 0. The minimum Gasteiger partial charge on any atom is -0.396 e. The van der Waals surface area contributed by atoms with E-state index in [1.165, 1.54) is 12.1 Å². The predicted octanol–water partition coefficient (Wildman–Crippen LogP) is 2.23. The summed E-state index contributed by atoms with van der Waals surface area (Å²) in [4.78, 5) is 12.2. The van der Waals surface area contributed by atoms with Crippen LogP contribution in [0, 0.1) is 34.9 Å². The molecule has 2 saturated carbocycles. The lowest BCUT2D eigenvalue weighted by Gasteiger charge is -2.30. The smallest absolute Gasteiger partial charge is 0.319 e. The number of nitriles is 1. The Morgan fingerprint density at radius 3 is 2.91 bits per heavy atom. The van der Waals surface area contributed by atoms with Gasteiger partial charge in [-0.05, 0) is 49.3 Å². The first-order chi connectivity index (χ1) is 10.6. The second-order valence-electron chi connectivity index (χ2n) is 6.11. The van der Waals surface area contributed by atoms with E-state index in [0.29, 0.717) is 11.8 Å². The van der Waals surface area contributed by atoms with Crippen molar-refractivity contribution in [1.82, 2.24) is 5.32 Å². The van der Waals surface area contributed by atoms with Crippen LogP contribution in [0.3, 0.4) is 0 Å². The number of aliphatic hydroxyl groups excluding tert-OH is 1. The van der Waals surface area contributed by atoms with Gasteiger partial charge in [0.1, 0.15) is 11.9 Å². The molecule has 2 bridgehead atoms. The maximum Gasteiger partial charge on any atom is 0.319 e. The monoisotopic (exact) mass is 303 g/mol. The van der Waals surface area contributed by atoms with Crippen LogP contribution in [-0.4, -0.2) is 23.8 Å². The quantitative estimate of drug-likeness (QED) is 0.800. The number of hydrogen-bond donors (Lipinski definition) is 3. The lowest BCUT2D eigenvalue weighted by atomic mass is 9.85. The van der Waals surface area contributed by atoms with Crippen molar-refractivity contribution in [3.05, 3.63) is 29.6 Å².